The van der Waals surface area contributed by atoms with Crippen LogP contribution in [0.4, 0.5) is 5.69 Å². The lowest BCUT2D eigenvalue weighted by molar-refractivity contribution is 1.15. The molecule has 1 nitrogen and oxygen atoms in total. The van der Waals surface area contributed by atoms with Gasteiger partial charge in [0.2, 0.25) is 0 Å². The fourth-order valence-corrected chi connectivity index (χ4v) is 1.26. The Morgan fingerprint density at radius 1 is 1.00 bits per heavy atom. The third-order valence-corrected chi connectivity index (χ3v) is 2.04. The minimum absolute atomic E-state index is 0.271. The maximum absolute atomic E-state index is 5.57. The first-order valence-corrected chi connectivity index (χ1v) is 4.57. The molecule has 0 fully saturated rings. The average molecular weight is 181 g/mol. The summed E-state index contributed by atoms with van der Waals surface area (Å²) >= 11 is 0. The lowest BCUT2D eigenvalue weighted by atomic mass is 10.1. The summed E-state index contributed by atoms with van der Waals surface area (Å²) in [5.74, 6) is 6.53. The zero-order chi connectivity index (χ0) is 9.80. The molecule has 1 aliphatic carbocycles. The van der Waals surface area contributed by atoms with Gasteiger partial charge in [0.15, 0.2) is 0 Å². The van der Waals surface area contributed by atoms with Crippen LogP contribution in [0.3, 0.4) is 0 Å². The number of allylic oxidation sites excluding steroid dienone is 4. The van der Waals surface area contributed by atoms with Crippen LogP contribution in [0.2, 0.25) is 0 Å². The molecule has 0 bridgehead atoms. The molecule has 0 saturated carbocycles. The Hall–Kier alpha value is -1.94. The summed E-state index contributed by atoms with van der Waals surface area (Å²) in [5, 5.41) is 0. The maximum atomic E-state index is 5.57. The van der Waals surface area contributed by atoms with Crippen LogP contribution in [-0.4, -0.2) is 0 Å². The van der Waals surface area contributed by atoms with E-state index in [0.29, 0.717) is 0 Å². The summed E-state index contributed by atoms with van der Waals surface area (Å²) in [7, 11) is 0. The quantitative estimate of drug-likeness (QED) is 0.482. The van der Waals surface area contributed by atoms with E-state index in [-0.39, 0.29) is 5.92 Å². The Bertz CT molecular complexity index is 415. The highest BCUT2D eigenvalue weighted by Crippen LogP contribution is 2.08. The second kappa shape index (κ2) is 3.85. The molecule has 1 aromatic rings. The Kier molecular flexibility index (Phi) is 2.38. The van der Waals surface area contributed by atoms with Gasteiger partial charge >= 0.3 is 0 Å². The second-order valence-corrected chi connectivity index (χ2v) is 3.19. The molecule has 0 aliphatic heterocycles. The number of rotatable bonds is 0. The molecule has 2 N–H and O–H groups in total. The van der Waals surface area contributed by atoms with Gasteiger partial charge in [0.05, 0.1) is 5.92 Å². The third-order valence-electron chi connectivity index (χ3n) is 2.04. The van der Waals surface area contributed by atoms with Gasteiger partial charge in [0.1, 0.15) is 0 Å². The Morgan fingerprint density at radius 3 is 2.29 bits per heavy atom. The summed E-state index contributed by atoms with van der Waals surface area (Å²) in [6.07, 6.45) is 8.18. The van der Waals surface area contributed by atoms with E-state index in [0.717, 1.165) is 11.3 Å². The van der Waals surface area contributed by atoms with Crippen molar-refractivity contribution in [1.29, 1.82) is 0 Å². The molecule has 0 saturated heterocycles. The van der Waals surface area contributed by atoms with Crippen molar-refractivity contribution in [3.8, 4) is 11.8 Å². The molecule has 0 aromatic heterocycles. The predicted octanol–water partition coefficient (Wildman–Crippen LogP) is 2.36. The molecule has 0 radical (unpaired) electrons. The predicted molar refractivity (Wildman–Crippen MR) is 59.5 cm³/mol. The molecule has 2 rings (SSSR count). The molecule has 0 amide bonds. The molecular formula is C13H11N. The van der Waals surface area contributed by atoms with Gasteiger partial charge in [0, 0.05) is 11.3 Å². The standard InChI is InChI=1S/C13H11N/c14-13-9-7-12(8-10-13)6-5-11-3-1-2-4-11/h1-4,7-11H,14H2. The van der Waals surface area contributed by atoms with Crippen molar-refractivity contribution in [3.05, 3.63) is 54.1 Å². The molecule has 1 aromatic carbocycles. The summed E-state index contributed by atoms with van der Waals surface area (Å²) in [5.41, 5.74) is 7.36. The van der Waals surface area contributed by atoms with Crippen LogP contribution >= 0.6 is 0 Å². The van der Waals surface area contributed by atoms with Crippen molar-refractivity contribution >= 4 is 5.69 Å². The highest BCUT2D eigenvalue weighted by atomic mass is 14.5. The van der Waals surface area contributed by atoms with E-state index in [1.165, 1.54) is 0 Å². The summed E-state index contributed by atoms with van der Waals surface area (Å²) in [6, 6.07) is 7.60. The first kappa shape index (κ1) is 8.65. The van der Waals surface area contributed by atoms with E-state index < -0.39 is 0 Å². The van der Waals surface area contributed by atoms with E-state index in [4.69, 9.17) is 5.73 Å². The number of hydrogen-bond acceptors (Lipinski definition) is 1. The van der Waals surface area contributed by atoms with E-state index in [1.54, 1.807) is 0 Å². The molecule has 1 aliphatic rings. The average Bonchev–Trinajstić information content (AvgIpc) is 2.70. The van der Waals surface area contributed by atoms with Gasteiger partial charge in [-0.2, -0.15) is 0 Å². The van der Waals surface area contributed by atoms with E-state index in [2.05, 4.69) is 24.0 Å². The lowest BCUT2D eigenvalue weighted by Gasteiger charge is -1.93. The molecule has 1 heteroatoms. The van der Waals surface area contributed by atoms with Crippen molar-refractivity contribution in [2.45, 2.75) is 0 Å². The van der Waals surface area contributed by atoms with Crippen molar-refractivity contribution in [2.24, 2.45) is 5.92 Å². The van der Waals surface area contributed by atoms with Crippen LogP contribution in [0.1, 0.15) is 5.56 Å². The molecule has 0 heterocycles. The largest absolute Gasteiger partial charge is 0.399 e. The monoisotopic (exact) mass is 181 g/mol. The maximum Gasteiger partial charge on any atom is 0.0573 e. The van der Waals surface area contributed by atoms with Gasteiger partial charge in [-0.15, -0.1) is 0 Å². The van der Waals surface area contributed by atoms with Gasteiger partial charge in [-0.25, -0.2) is 0 Å². The van der Waals surface area contributed by atoms with E-state index >= 15 is 0 Å². The fourth-order valence-electron chi connectivity index (χ4n) is 1.26. The number of nitrogens with two attached hydrogens (primary N) is 1. The first-order chi connectivity index (χ1) is 6.84. The number of benzene rings is 1. The van der Waals surface area contributed by atoms with Gasteiger partial charge in [-0.05, 0) is 24.3 Å². The second-order valence-electron chi connectivity index (χ2n) is 3.19. The van der Waals surface area contributed by atoms with E-state index in [1.807, 2.05) is 36.4 Å². The Balaban J connectivity index is 2.13. The fraction of sp³-hybridized carbons (Fsp3) is 0.0769. The molecular weight excluding hydrogens is 170 g/mol. The van der Waals surface area contributed by atoms with Crippen molar-refractivity contribution in [1.82, 2.24) is 0 Å². The summed E-state index contributed by atoms with van der Waals surface area (Å²) < 4.78 is 0. The minimum Gasteiger partial charge on any atom is -0.399 e. The molecule has 0 spiro atoms. The highest BCUT2D eigenvalue weighted by Gasteiger charge is 1.96. The molecule has 0 unspecified atom stereocenters. The van der Waals surface area contributed by atoms with Crippen LogP contribution in [0.5, 0.6) is 0 Å². The van der Waals surface area contributed by atoms with Crippen molar-refractivity contribution in [3.63, 3.8) is 0 Å². The van der Waals surface area contributed by atoms with Crippen LogP contribution < -0.4 is 5.73 Å². The minimum atomic E-state index is 0.271. The molecule has 14 heavy (non-hydrogen) atoms. The SMILES string of the molecule is Nc1ccc(C#CC2C=CC=C2)cc1. The number of anilines is 1. The van der Waals surface area contributed by atoms with Crippen LogP contribution in [-0.2, 0) is 0 Å². The zero-order valence-electron chi connectivity index (χ0n) is 7.77. The normalized spacial score (nSPS) is 14.0. The number of hydrogen-bond donors (Lipinski definition) is 1. The van der Waals surface area contributed by atoms with E-state index in [9.17, 15) is 0 Å². The number of nitrogen functional groups attached to an aromatic ring is 1. The first-order valence-electron chi connectivity index (χ1n) is 4.57. The van der Waals surface area contributed by atoms with Crippen LogP contribution in [0.15, 0.2) is 48.6 Å². The van der Waals surface area contributed by atoms with Gasteiger partial charge in [-0.1, -0.05) is 36.1 Å². The van der Waals surface area contributed by atoms with Crippen molar-refractivity contribution in [2.75, 3.05) is 5.73 Å². The summed E-state index contributed by atoms with van der Waals surface area (Å²) in [6.45, 7) is 0. The van der Waals surface area contributed by atoms with Crippen LogP contribution in [0, 0.1) is 17.8 Å². The molecule has 68 valence electrons. The van der Waals surface area contributed by atoms with Crippen LogP contribution in [0.25, 0.3) is 0 Å². The third kappa shape index (κ3) is 2.05. The zero-order valence-corrected chi connectivity index (χ0v) is 7.77. The lowest BCUT2D eigenvalue weighted by Crippen LogP contribution is -1.85. The van der Waals surface area contributed by atoms with Gasteiger partial charge < -0.3 is 5.73 Å². The summed E-state index contributed by atoms with van der Waals surface area (Å²) in [4.78, 5) is 0. The van der Waals surface area contributed by atoms with Crippen molar-refractivity contribution < 1.29 is 0 Å². The Morgan fingerprint density at radius 2 is 1.64 bits per heavy atom. The van der Waals surface area contributed by atoms with Gasteiger partial charge in [-0.3, -0.25) is 0 Å². The smallest absolute Gasteiger partial charge is 0.0573 e. The molecule has 0 atom stereocenters. The van der Waals surface area contributed by atoms with Gasteiger partial charge in [0.25, 0.3) is 0 Å². The highest BCUT2D eigenvalue weighted by molar-refractivity contribution is 5.45. The topological polar surface area (TPSA) is 26.0 Å². The Labute approximate surface area is 83.9 Å².